The molecule has 0 amide bonds. The predicted molar refractivity (Wildman–Crippen MR) is 68.2 cm³/mol. The Balaban J connectivity index is 2.17. The Hall–Kier alpha value is -1.22. The van der Waals surface area contributed by atoms with Crippen molar-refractivity contribution >= 4 is 15.9 Å². The number of hydrogen-bond acceptors (Lipinski definition) is 0. The van der Waals surface area contributed by atoms with Crippen molar-refractivity contribution in [2.45, 2.75) is 11.2 Å². The van der Waals surface area contributed by atoms with Crippen LogP contribution in [0.5, 0.6) is 0 Å². The summed E-state index contributed by atoms with van der Waals surface area (Å²) in [5.74, 6) is -0.512. The molecular weight excluding hydrogens is 286 g/mol. The Morgan fingerprint density at radius 3 is 2.47 bits per heavy atom. The van der Waals surface area contributed by atoms with E-state index in [1.165, 1.54) is 18.2 Å². The highest BCUT2D eigenvalue weighted by molar-refractivity contribution is 9.09. The lowest BCUT2D eigenvalue weighted by Gasteiger charge is -2.11. The fraction of sp³-hybridized carbons (Fsp3) is 0.143. The first-order valence-corrected chi connectivity index (χ1v) is 6.21. The van der Waals surface area contributed by atoms with Gasteiger partial charge >= 0.3 is 0 Å². The molecule has 3 heteroatoms. The molecule has 0 N–H and O–H groups in total. The maximum absolute atomic E-state index is 13.5. The van der Waals surface area contributed by atoms with E-state index in [4.69, 9.17) is 0 Å². The molecule has 0 aliphatic rings. The van der Waals surface area contributed by atoms with Crippen molar-refractivity contribution in [2.24, 2.45) is 0 Å². The van der Waals surface area contributed by atoms with Gasteiger partial charge in [-0.15, -0.1) is 0 Å². The summed E-state index contributed by atoms with van der Waals surface area (Å²) in [4.78, 5) is -0.148. The molecule has 0 spiro atoms. The number of halogens is 3. The van der Waals surface area contributed by atoms with Crippen LogP contribution in [0.2, 0.25) is 0 Å². The highest BCUT2D eigenvalue weighted by Crippen LogP contribution is 2.28. The van der Waals surface area contributed by atoms with E-state index in [1.807, 2.05) is 6.07 Å². The van der Waals surface area contributed by atoms with E-state index in [0.717, 1.165) is 5.56 Å². The van der Waals surface area contributed by atoms with Crippen LogP contribution >= 0.6 is 15.9 Å². The van der Waals surface area contributed by atoms with Gasteiger partial charge in [0.05, 0.1) is 0 Å². The van der Waals surface area contributed by atoms with E-state index < -0.39 is 0 Å². The van der Waals surface area contributed by atoms with Crippen LogP contribution in [0, 0.1) is 11.6 Å². The lowest BCUT2D eigenvalue weighted by molar-refractivity contribution is 0.606. The second kappa shape index (κ2) is 5.41. The summed E-state index contributed by atoms with van der Waals surface area (Å²) in [6.45, 7) is 0. The highest BCUT2D eigenvalue weighted by atomic mass is 79.9. The van der Waals surface area contributed by atoms with Gasteiger partial charge < -0.3 is 0 Å². The molecule has 0 saturated carbocycles. The zero-order chi connectivity index (χ0) is 12.3. The van der Waals surface area contributed by atoms with Gasteiger partial charge in [-0.3, -0.25) is 0 Å². The van der Waals surface area contributed by atoms with Gasteiger partial charge in [-0.05, 0) is 30.2 Å². The van der Waals surface area contributed by atoms with Gasteiger partial charge in [-0.1, -0.05) is 46.3 Å². The van der Waals surface area contributed by atoms with Gasteiger partial charge in [0.15, 0.2) is 0 Å². The second-order valence-electron chi connectivity index (χ2n) is 3.82. The predicted octanol–water partition coefficient (Wildman–Crippen LogP) is 4.64. The number of alkyl halides is 1. The lowest BCUT2D eigenvalue weighted by Crippen LogP contribution is -1.98. The zero-order valence-electron chi connectivity index (χ0n) is 9.04. The first kappa shape index (κ1) is 12.2. The van der Waals surface area contributed by atoms with Gasteiger partial charge in [0, 0.05) is 10.4 Å². The fourth-order valence-corrected chi connectivity index (χ4v) is 2.46. The van der Waals surface area contributed by atoms with Gasteiger partial charge in [-0.2, -0.15) is 0 Å². The van der Waals surface area contributed by atoms with E-state index in [-0.39, 0.29) is 16.5 Å². The first-order chi connectivity index (χ1) is 8.16. The van der Waals surface area contributed by atoms with Crippen molar-refractivity contribution in [3.05, 3.63) is 71.3 Å². The van der Waals surface area contributed by atoms with Crippen LogP contribution in [-0.2, 0) is 6.42 Å². The molecule has 88 valence electrons. The van der Waals surface area contributed by atoms with Crippen LogP contribution in [0.25, 0.3) is 0 Å². The van der Waals surface area contributed by atoms with Gasteiger partial charge in [0.25, 0.3) is 0 Å². The van der Waals surface area contributed by atoms with Crippen LogP contribution in [0.15, 0.2) is 48.5 Å². The van der Waals surface area contributed by atoms with E-state index >= 15 is 0 Å². The molecule has 0 heterocycles. The molecule has 2 aromatic carbocycles. The third-order valence-electron chi connectivity index (χ3n) is 2.55. The standard InChI is InChI=1S/C14H11BrF2/c15-13(12-6-1-2-7-14(12)17)9-10-4-3-5-11(16)8-10/h1-8,13H,9H2. The van der Waals surface area contributed by atoms with Crippen LogP contribution < -0.4 is 0 Å². The summed E-state index contributed by atoms with van der Waals surface area (Å²) in [7, 11) is 0. The molecule has 2 rings (SSSR count). The van der Waals surface area contributed by atoms with Crippen LogP contribution in [0.1, 0.15) is 16.0 Å². The third-order valence-corrected chi connectivity index (χ3v) is 3.36. The summed E-state index contributed by atoms with van der Waals surface area (Å²) in [5.41, 5.74) is 1.44. The average Bonchev–Trinajstić information content (AvgIpc) is 2.29. The lowest BCUT2D eigenvalue weighted by atomic mass is 10.0. The van der Waals surface area contributed by atoms with Crippen molar-refractivity contribution in [2.75, 3.05) is 0 Å². The first-order valence-electron chi connectivity index (χ1n) is 5.30. The second-order valence-corrected chi connectivity index (χ2v) is 4.93. The molecule has 1 atom stereocenters. The monoisotopic (exact) mass is 296 g/mol. The molecular formula is C14H11BrF2. The maximum atomic E-state index is 13.5. The Morgan fingerprint density at radius 2 is 1.76 bits per heavy atom. The quantitative estimate of drug-likeness (QED) is 0.724. The van der Waals surface area contributed by atoms with Crippen molar-refractivity contribution in [1.82, 2.24) is 0 Å². The van der Waals surface area contributed by atoms with E-state index in [1.54, 1.807) is 24.3 Å². The molecule has 0 nitrogen and oxygen atoms in total. The molecule has 0 aliphatic heterocycles. The van der Waals surface area contributed by atoms with Gasteiger partial charge in [0.1, 0.15) is 11.6 Å². The minimum absolute atomic E-state index is 0.148. The summed E-state index contributed by atoms with van der Waals surface area (Å²) in [6, 6.07) is 13.0. The normalized spacial score (nSPS) is 12.4. The molecule has 0 radical (unpaired) electrons. The number of hydrogen-bond donors (Lipinski definition) is 0. The largest absolute Gasteiger partial charge is 0.207 e. The zero-order valence-corrected chi connectivity index (χ0v) is 10.6. The summed E-state index contributed by atoms with van der Waals surface area (Å²) in [6.07, 6.45) is 0.554. The average molecular weight is 297 g/mol. The van der Waals surface area contributed by atoms with Crippen molar-refractivity contribution < 1.29 is 8.78 Å². The molecule has 0 fully saturated rings. The van der Waals surface area contributed by atoms with E-state index in [0.29, 0.717) is 12.0 Å². The third kappa shape index (κ3) is 3.13. The number of benzene rings is 2. The van der Waals surface area contributed by atoms with Crippen molar-refractivity contribution in [3.8, 4) is 0 Å². The summed E-state index contributed by atoms with van der Waals surface area (Å²) < 4.78 is 26.5. The molecule has 1 unspecified atom stereocenters. The Kier molecular flexibility index (Phi) is 3.89. The smallest absolute Gasteiger partial charge is 0.127 e. The Bertz CT molecular complexity index is 511. The molecule has 0 aromatic heterocycles. The topological polar surface area (TPSA) is 0 Å². The summed E-state index contributed by atoms with van der Waals surface area (Å²) >= 11 is 3.44. The molecule has 0 aliphatic carbocycles. The van der Waals surface area contributed by atoms with Crippen molar-refractivity contribution in [3.63, 3.8) is 0 Å². The molecule has 2 aromatic rings. The van der Waals surface area contributed by atoms with E-state index in [9.17, 15) is 8.78 Å². The minimum Gasteiger partial charge on any atom is -0.207 e. The van der Waals surface area contributed by atoms with Crippen molar-refractivity contribution in [1.29, 1.82) is 0 Å². The molecule has 17 heavy (non-hydrogen) atoms. The van der Waals surface area contributed by atoms with Crippen LogP contribution in [-0.4, -0.2) is 0 Å². The summed E-state index contributed by atoms with van der Waals surface area (Å²) in [5, 5.41) is 0. The van der Waals surface area contributed by atoms with Crippen LogP contribution in [0.4, 0.5) is 8.78 Å². The molecule has 0 saturated heterocycles. The fourth-order valence-electron chi connectivity index (χ4n) is 1.71. The molecule has 0 bridgehead atoms. The Labute approximate surface area is 107 Å². The van der Waals surface area contributed by atoms with Gasteiger partial charge in [0.2, 0.25) is 0 Å². The highest BCUT2D eigenvalue weighted by Gasteiger charge is 2.12. The Morgan fingerprint density at radius 1 is 1.00 bits per heavy atom. The maximum Gasteiger partial charge on any atom is 0.127 e. The minimum atomic E-state index is -0.268. The number of rotatable bonds is 3. The van der Waals surface area contributed by atoms with Crippen LogP contribution in [0.3, 0.4) is 0 Å². The van der Waals surface area contributed by atoms with E-state index in [2.05, 4.69) is 15.9 Å². The van der Waals surface area contributed by atoms with Gasteiger partial charge in [-0.25, -0.2) is 8.78 Å². The SMILES string of the molecule is Fc1cccc(CC(Br)c2ccccc2F)c1.